The van der Waals surface area contributed by atoms with E-state index in [-0.39, 0.29) is 25.0 Å². The van der Waals surface area contributed by atoms with E-state index in [9.17, 15) is 9.59 Å². The Hall–Kier alpha value is -2.44. The predicted octanol–water partition coefficient (Wildman–Crippen LogP) is 4.84. The van der Waals surface area contributed by atoms with Gasteiger partial charge in [0.2, 0.25) is 0 Å². The summed E-state index contributed by atoms with van der Waals surface area (Å²) in [6.45, 7) is 5.17. The molecule has 0 radical (unpaired) electrons. The molecule has 0 saturated carbocycles. The number of carbonyl (C=O) groups excluding carboxylic acids is 2. The minimum Gasteiger partial charge on any atom is -0.484 e. The van der Waals surface area contributed by atoms with E-state index in [1.165, 1.54) is 11.1 Å². The highest BCUT2D eigenvalue weighted by molar-refractivity contribution is 6.18. The Morgan fingerprint density at radius 3 is 1.35 bits per heavy atom. The Balaban J connectivity index is 1.99. The van der Waals surface area contributed by atoms with E-state index in [4.69, 9.17) is 32.7 Å². The van der Waals surface area contributed by atoms with Gasteiger partial charge < -0.3 is 20.1 Å². The van der Waals surface area contributed by atoms with Crippen LogP contribution in [0.2, 0.25) is 0 Å². The van der Waals surface area contributed by atoms with E-state index in [2.05, 4.69) is 48.7 Å². The second kappa shape index (κ2) is 15.5. The number of halogens is 2. The molecular formula is C26H34Cl2N2O4. The molecule has 0 aliphatic rings. The molecule has 2 atom stereocenters. The van der Waals surface area contributed by atoms with E-state index in [0.717, 1.165) is 12.8 Å². The highest BCUT2D eigenvalue weighted by Crippen LogP contribution is 2.38. The highest BCUT2D eigenvalue weighted by atomic mass is 35.5. The number of nitrogens with one attached hydrogen (secondary N) is 2. The van der Waals surface area contributed by atoms with Gasteiger partial charge in [0, 0.05) is 24.8 Å². The SMILES string of the molecule is CCC(c1ccc(OCC(=O)NCCCl)cc1)C(CC)c1ccc(OCC(=O)NCCCl)cc1. The van der Waals surface area contributed by atoms with Crippen LogP contribution in [0.1, 0.15) is 49.7 Å². The Bertz CT molecular complexity index is 802. The lowest BCUT2D eigenvalue weighted by Gasteiger charge is -2.26. The molecule has 2 unspecified atom stereocenters. The second-order valence-electron chi connectivity index (χ2n) is 7.82. The van der Waals surface area contributed by atoms with Crippen LogP contribution in [0.5, 0.6) is 11.5 Å². The normalized spacial score (nSPS) is 12.5. The maximum Gasteiger partial charge on any atom is 0.257 e. The third-order valence-electron chi connectivity index (χ3n) is 5.56. The monoisotopic (exact) mass is 508 g/mol. The van der Waals surface area contributed by atoms with Crippen molar-refractivity contribution < 1.29 is 19.1 Å². The lowest BCUT2D eigenvalue weighted by atomic mass is 9.78. The van der Waals surface area contributed by atoms with Crippen LogP contribution in [0, 0.1) is 0 Å². The molecule has 34 heavy (non-hydrogen) atoms. The molecule has 6 nitrogen and oxygen atoms in total. The summed E-state index contributed by atoms with van der Waals surface area (Å²) in [6.07, 6.45) is 1.97. The molecule has 2 amide bonds. The van der Waals surface area contributed by atoms with Gasteiger partial charge in [-0.25, -0.2) is 0 Å². The number of hydrogen-bond acceptors (Lipinski definition) is 4. The molecule has 0 heterocycles. The predicted molar refractivity (Wildman–Crippen MR) is 137 cm³/mol. The highest BCUT2D eigenvalue weighted by Gasteiger charge is 2.22. The third kappa shape index (κ3) is 9.07. The van der Waals surface area contributed by atoms with E-state index in [0.29, 0.717) is 48.2 Å². The molecule has 0 bridgehead atoms. The standard InChI is InChI=1S/C26H34Cl2N2O4/c1-3-23(19-5-9-21(10-6-19)33-17-25(31)29-15-13-27)24(4-2)20-7-11-22(12-8-20)34-18-26(32)30-16-14-28/h5-12,23-24H,3-4,13-18H2,1-2H3,(H,29,31)(H,30,32). The molecule has 0 aliphatic carbocycles. The molecule has 2 N–H and O–H groups in total. The van der Waals surface area contributed by atoms with Gasteiger partial charge in [0.15, 0.2) is 13.2 Å². The topological polar surface area (TPSA) is 76.7 Å². The van der Waals surface area contributed by atoms with Crippen molar-refractivity contribution in [1.82, 2.24) is 10.6 Å². The van der Waals surface area contributed by atoms with Crippen LogP contribution < -0.4 is 20.1 Å². The van der Waals surface area contributed by atoms with Gasteiger partial charge in [0.25, 0.3) is 11.8 Å². The number of hydrogen-bond donors (Lipinski definition) is 2. The zero-order valence-electron chi connectivity index (χ0n) is 19.8. The first-order valence-electron chi connectivity index (χ1n) is 11.6. The minimum absolute atomic E-state index is 0.0339. The first-order chi connectivity index (χ1) is 16.5. The van der Waals surface area contributed by atoms with Crippen molar-refractivity contribution in [3.8, 4) is 11.5 Å². The summed E-state index contributed by atoms with van der Waals surface area (Å²) in [5, 5.41) is 5.36. The van der Waals surface area contributed by atoms with Crippen molar-refractivity contribution in [3.05, 3.63) is 59.7 Å². The lowest BCUT2D eigenvalue weighted by molar-refractivity contribution is -0.123. The molecule has 0 aliphatic heterocycles. The number of benzene rings is 2. The van der Waals surface area contributed by atoms with Gasteiger partial charge in [-0.05, 0) is 60.1 Å². The zero-order valence-corrected chi connectivity index (χ0v) is 21.3. The molecule has 8 heteroatoms. The summed E-state index contributed by atoms with van der Waals surface area (Å²) < 4.78 is 11.2. The van der Waals surface area contributed by atoms with Crippen molar-refractivity contribution in [1.29, 1.82) is 0 Å². The zero-order chi connectivity index (χ0) is 24.8. The fourth-order valence-electron chi connectivity index (χ4n) is 3.90. The van der Waals surface area contributed by atoms with Gasteiger partial charge in [-0.1, -0.05) is 38.1 Å². The van der Waals surface area contributed by atoms with Gasteiger partial charge in [-0.15, -0.1) is 23.2 Å². The smallest absolute Gasteiger partial charge is 0.257 e. The molecule has 2 aromatic carbocycles. The molecule has 2 rings (SSSR count). The Morgan fingerprint density at radius 2 is 1.06 bits per heavy atom. The summed E-state index contributed by atoms with van der Waals surface area (Å²) in [6, 6.07) is 15.9. The van der Waals surface area contributed by atoms with Crippen molar-refractivity contribution in [2.45, 2.75) is 38.5 Å². The summed E-state index contributed by atoms with van der Waals surface area (Å²) >= 11 is 11.1. The number of amides is 2. The first kappa shape index (κ1) is 27.8. The summed E-state index contributed by atoms with van der Waals surface area (Å²) in [5.41, 5.74) is 2.45. The van der Waals surface area contributed by atoms with Crippen LogP contribution in [0.15, 0.2) is 48.5 Å². The van der Waals surface area contributed by atoms with Crippen molar-refractivity contribution in [2.75, 3.05) is 38.1 Å². The van der Waals surface area contributed by atoms with Crippen LogP contribution in [-0.4, -0.2) is 49.9 Å². The average molecular weight is 509 g/mol. The molecule has 0 fully saturated rings. The molecular weight excluding hydrogens is 475 g/mol. The van der Waals surface area contributed by atoms with Gasteiger partial charge in [-0.2, -0.15) is 0 Å². The quantitative estimate of drug-likeness (QED) is 0.337. The van der Waals surface area contributed by atoms with Crippen LogP contribution in [0.25, 0.3) is 0 Å². The summed E-state index contributed by atoms with van der Waals surface area (Å²) in [5.74, 6) is 2.35. The van der Waals surface area contributed by atoms with E-state index < -0.39 is 0 Å². The van der Waals surface area contributed by atoms with Crippen LogP contribution >= 0.6 is 23.2 Å². The van der Waals surface area contributed by atoms with Gasteiger partial charge in [-0.3, -0.25) is 9.59 Å². The van der Waals surface area contributed by atoms with Crippen molar-refractivity contribution in [3.63, 3.8) is 0 Å². The summed E-state index contributed by atoms with van der Waals surface area (Å²) in [7, 11) is 0. The van der Waals surface area contributed by atoms with E-state index in [1.807, 2.05) is 24.3 Å². The number of alkyl halides is 2. The van der Waals surface area contributed by atoms with Crippen molar-refractivity contribution >= 4 is 35.0 Å². The van der Waals surface area contributed by atoms with Gasteiger partial charge in [0.05, 0.1) is 0 Å². The number of carbonyl (C=O) groups is 2. The Kier molecular flexibility index (Phi) is 12.6. The molecule has 2 aromatic rings. The Labute approximate surface area is 212 Å². The second-order valence-corrected chi connectivity index (χ2v) is 8.58. The molecule has 186 valence electrons. The maximum atomic E-state index is 11.7. The largest absolute Gasteiger partial charge is 0.484 e. The van der Waals surface area contributed by atoms with Crippen LogP contribution in [0.4, 0.5) is 0 Å². The first-order valence-corrected chi connectivity index (χ1v) is 12.7. The lowest BCUT2D eigenvalue weighted by Crippen LogP contribution is -2.30. The molecule has 0 spiro atoms. The van der Waals surface area contributed by atoms with Crippen LogP contribution in [-0.2, 0) is 9.59 Å². The van der Waals surface area contributed by atoms with Gasteiger partial charge >= 0.3 is 0 Å². The third-order valence-corrected chi connectivity index (χ3v) is 5.93. The fraction of sp³-hybridized carbons (Fsp3) is 0.462. The summed E-state index contributed by atoms with van der Waals surface area (Å²) in [4.78, 5) is 23.4. The minimum atomic E-state index is -0.189. The molecule has 0 saturated heterocycles. The maximum absolute atomic E-state index is 11.7. The van der Waals surface area contributed by atoms with Crippen molar-refractivity contribution in [2.24, 2.45) is 0 Å². The van der Waals surface area contributed by atoms with Gasteiger partial charge in [0.1, 0.15) is 11.5 Å². The average Bonchev–Trinajstić information content (AvgIpc) is 2.87. The van der Waals surface area contributed by atoms with E-state index in [1.54, 1.807) is 0 Å². The number of rotatable bonds is 15. The van der Waals surface area contributed by atoms with Crippen LogP contribution in [0.3, 0.4) is 0 Å². The number of ether oxygens (including phenoxy) is 2. The Morgan fingerprint density at radius 1 is 0.706 bits per heavy atom. The van der Waals surface area contributed by atoms with E-state index >= 15 is 0 Å². The molecule has 0 aromatic heterocycles. The fourth-order valence-corrected chi connectivity index (χ4v) is 4.09.